The molecule has 0 aliphatic heterocycles. The van der Waals surface area contributed by atoms with Crippen molar-refractivity contribution in [2.45, 2.75) is 6.54 Å². The molecule has 0 unspecified atom stereocenters. The van der Waals surface area contributed by atoms with E-state index >= 15 is 4.39 Å². The van der Waals surface area contributed by atoms with Gasteiger partial charge in [-0.2, -0.15) is 14.3 Å². The molecular formula is C25H26FN9O2S. The number of fused-ring (bicyclic) bond motifs is 1. The van der Waals surface area contributed by atoms with Crippen molar-refractivity contribution in [2.24, 2.45) is 12.0 Å². The van der Waals surface area contributed by atoms with E-state index in [2.05, 4.69) is 20.2 Å². The first kappa shape index (κ1) is 25.4. The van der Waals surface area contributed by atoms with Gasteiger partial charge in [-0.3, -0.25) is 9.67 Å². The third kappa shape index (κ3) is 5.24. The molecule has 11 nitrogen and oxygen atoms in total. The van der Waals surface area contributed by atoms with Gasteiger partial charge in [0.1, 0.15) is 22.4 Å². The van der Waals surface area contributed by atoms with Crippen LogP contribution in [0.4, 0.5) is 10.1 Å². The Hall–Kier alpha value is -4.23. The van der Waals surface area contributed by atoms with Crippen molar-refractivity contribution >= 4 is 29.0 Å². The molecule has 0 spiro atoms. The number of pyridine rings is 1. The van der Waals surface area contributed by atoms with Gasteiger partial charge in [-0.1, -0.05) is 0 Å². The summed E-state index contributed by atoms with van der Waals surface area (Å²) in [6.45, 7) is 0.324. The Morgan fingerprint density at radius 3 is 2.66 bits per heavy atom. The second-order valence-corrected chi connectivity index (χ2v) is 9.79. The van der Waals surface area contributed by atoms with Crippen LogP contribution in [0.5, 0.6) is 11.5 Å². The van der Waals surface area contributed by atoms with Gasteiger partial charge in [0.25, 0.3) is 0 Å². The number of rotatable bonds is 8. The van der Waals surface area contributed by atoms with E-state index in [0.29, 0.717) is 34.6 Å². The second-order valence-electron chi connectivity index (χ2n) is 8.52. The van der Waals surface area contributed by atoms with Crippen molar-refractivity contribution in [1.29, 1.82) is 0 Å². The maximum Gasteiger partial charge on any atom is 0.190 e. The molecular weight excluding hydrogens is 509 g/mol. The monoisotopic (exact) mass is 535 g/mol. The minimum Gasteiger partial charge on any atom is -0.497 e. The Kier molecular flexibility index (Phi) is 7.11. The molecule has 4 aromatic heterocycles. The lowest BCUT2D eigenvalue weighted by Crippen LogP contribution is -2.23. The second kappa shape index (κ2) is 10.6. The van der Waals surface area contributed by atoms with Crippen LogP contribution in [0.15, 0.2) is 60.1 Å². The summed E-state index contributed by atoms with van der Waals surface area (Å²) < 4.78 is 33.0. The number of nitrogens with zero attached hydrogens (tertiary/aromatic N) is 9. The third-order valence-electron chi connectivity index (χ3n) is 5.58. The lowest BCUT2D eigenvalue weighted by Gasteiger charge is -2.12. The standard InChI is InChI=1S/C25H26FN9O2S/c1-32(2)38-35-9-8-17(31-35)15-34-23(29-20-10-18(36-4)11-22(37-5)24(20)26)7-6-19-25(34)30-21(13-27-19)16-12-28-33(3)14-16/h6-14H,15H2,1-5H3/b29-23+. The summed E-state index contributed by atoms with van der Waals surface area (Å²) in [5.41, 5.74) is 4.00. The molecule has 38 heavy (non-hydrogen) atoms. The molecule has 0 aliphatic carbocycles. The summed E-state index contributed by atoms with van der Waals surface area (Å²) in [7, 11) is 8.62. The van der Waals surface area contributed by atoms with Gasteiger partial charge >= 0.3 is 0 Å². The van der Waals surface area contributed by atoms with Crippen molar-refractivity contribution in [3.05, 3.63) is 72.1 Å². The number of aromatic nitrogens is 7. The highest BCUT2D eigenvalue weighted by molar-refractivity contribution is 7.95. The summed E-state index contributed by atoms with van der Waals surface area (Å²) in [5.74, 6) is -0.136. The zero-order valence-corrected chi connectivity index (χ0v) is 22.3. The molecule has 5 aromatic rings. The molecule has 4 heterocycles. The smallest absolute Gasteiger partial charge is 0.190 e. The summed E-state index contributed by atoms with van der Waals surface area (Å²) in [5, 5.41) is 8.90. The average Bonchev–Trinajstić information content (AvgIpc) is 3.54. The highest BCUT2D eigenvalue weighted by atomic mass is 32.2. The molecule has 0 N–H and O–H groups in total. The lowest BCUT2D eigenvalue weighted by molar-refractivity contribution is 0.374. The minimum absolute atomic E-state index is 0.0357. The lowest BCUT2D eigenvalue weighted by atomic mass is 10.2. The molecule has 5 rings (SSSR count). The zero-order valence-electron chi connectivity index (χ0n) is 21.5. The predicted octanol–water partition coefficient (Wildman–Crippen LogP) is 3.44. The van der Waals surface area contributed by atoms with Crippen LogP contribution in [0.2, 0.25) is 0 Å². The molecule has 0 saturated heterocycles. The van der Waals surface area contributed by atoms with Crippen LogP contribution in [0.1, 0.15) is 5.69 Å². The van der Waals surface area contributed by atoms with E-state index in [-0.39, 0.29) is 11.4 Å². The molecule has 0 atom stereocenters. The largest absolute Gasteiger partial charge is 0.497 e. The predicted molar refractivity (Wildman–Crippen MR) is 142 cm³/mol. The van der Waals surface area contributed by atoms with Gasteiger partial charge in [0, 0.05) is 37.1 Å². The highest BCUT2D eigenvalue weighted by Crippen LogP contribution is 2.32. The van der Waals surface area contributed by atoms with Crippen molar-refractivity contribution in [1.82, 2.24) is 37.8 Å². The first-order chi connectivity index (χ1) is 18.3. The molecule has 0 aliphatic rings. The van der Waals surface area contributed by atoms with Gasteiger partial charge in [-0.05, 0) is 32.3 Å². The number of ether oxygens (including phenoxy) is 2. The molecule has 0 saturated carbocycles. The third-order valence-corrected chi connectivity index (χ3v) is 6.27. The number of hydrogen-bond acceptors (Lipinski definition) is 9. The van der Waals surface area contributed by atoms with Crippen LogP contribution in [0, 0.1) is 5.82 Å². The average molecular weight is 536 g/mol. The van der Waals surface area contributed by atoms with Crippen LogP contribution >= 0.6 is 12.1 Å². The van der Waals surface area contributed by atoms with Gasteiger partial charge < -0.3 is 14.0 Å². The minimum atomic E-state index is -0.596. The van der Waals surface area contributed by atoms with E-state index in [1.165, 1.54) is 38.5 Å². The first-order valence-electron chi connectivity index (χ1n) is 11.6. The van der Waals surface area contributed by atoms with Crippen LogP contribution in [0.25, 0.3) is 22.4 Å². The Morgan fingerprint density at radius 2 is 1.95 bits per heavy atom. The molecule has 196 valence electrons. The zero-order chi connectivity index (χ0) is 26.8. The summed E-state index contributed by atoms with van der Waals surface area (Å²) in [6, 6.07) is 8.49. The van der Waals surface area contributed by atoms with Crippen molar-refractivity contribution in [2.75, 3.05) is 28.3 Å². The van der Waals surface area contributed by atoms with Crippen molar-refractivity contribution < 1.29 is 13.9 Å². The van der Waals surface area contributed by atoms with Gasteiger partial charge in [0.2, 0.25) is 0 Å². The van der Waals surface area contributed by atoms with E-state index in [4.69, 9.17) is 14.5 Å². The summed E-state index contributed by atoms with van der Waals surface area (Å²) in [4.78, 5) is 14.2. The molecule has 0 amide bonds. The Balaban J connectivity index is 1.72. The van der Waals surface area contributed by atoms with E-state index in [0.717, 1.165) is 11.3 Å². The quantitative estimate of drug-likeness (QED) is 0.279. The highest BCUT2D eigenvalue weighted by Gasteiger charge is 2.14. The van der Waals surface area contributed by atoms with Gasteiger partial charge in [-0.15, -0.1) is 0 Å². The fourth-order valence-corrected chi connectivity index (χ4v) is 4.43. The maximum atomic E-state index is 15.2. The Morgan fingerprint density at radius 1 is 1.11 bits per heavy atom. The van der Waals surface area contributed by atoms with Crippen LogP contribution in [-0.4, -0.2) is 66.1 Å². The van der Waals surface area contributed by atoms with Crippen LogP contribution < -0.4 is 15.0 Å². The number of methoxy groups -OCH3 is 2. The van der Waals surface area contributed by atoms with Gasteiger partial charge in [-0.25, -0.2) is 18.7 Å². The molecule has 1 aromatic carbocycles. The summed E-state index contributed by atoms with van der Waals surface area (Å²) >= 11 is 1.44. The van der Waals surface area contributed by atoms with E-state index in [9.17, 15) is 0 Å². The number of halogens is 1. The maximum absolute atomic E-state index is 15.2. The number of aryl methyl sites for hydroxylation is 1. The number of benzene rings is 1. The van der Waals surface area contributed by atoms with Crippen LogP contribution in [-0.2, 0) is 13.6 Å². The summed E-state index contributed by atoms with van der Waals surface area (Å²) in [6.07, 6.45) is 7.18. The Labute approximate surface area is 222 Å². The van der Waals surface area contributed by atoms with Crippen LogP contribution in [0.3, 0.4) is 0 Å². The fraction of sp³-hybridized carbons (Fsp3) is 0.240. The normalized spacial score (nSPS) is 12.0. The Bertz CT molecular complexity index is 1680. The molecule has 0 fully saturated rings. The van der Waals surface area contributed by atoms with Crippen molar-refractivity contribution in [3.63, 3.8) is 0 Å². The van der Waals surface area contributed by atoms with Crippen molar-refractivity contribution in [3.8, 4) is 22.8 Å². The molecule has 0 radical (unpaired) electrons. The van der Waals surface area contributed by atoms with E-state index in [1.807, 2.05) is 48.5 Å². The topological polar surface area (TPSA) is 100 Å². The SMILES string of the molecule is COc1cc(/N=c2\ccc3ncc(-c4cnn(C)c4)nc3n2Cc2ccn(SN(C)C)n2)c(F)c(OC)c1. The first-order valence-corrected chi connectivity index (χ1v) is 12.3. The fourth-order valence-electron chi connectivity index (χ4n) is 3.83. The van der Waals surface area contributed by atoms with E-state index in [1.54, 1.807) is 33.3 Å². The molecule has 13 heteroatoms. The van der Waals surface area contributed by atoms with Gasteiger partial charge in [0.15, 0.2) is 17.2 Å². The molecule has 0 bridgehead atoms. The van der Waals surface area contributed by atoms with E-state index < -0.39 is 5.82 Å². The number of hydrogen-bond donors (Lipinski definition) is 0. The van der Waals surface area contributed by atoms with Gasteiger partial charge in [0.05, 0.1) is 56.7 Å².